The van der Waals surface area contributed by atoms with Crippen LogP contribution in [-0.4, -0.2) is 37.6 Å². The van der Waals surface area contributed by atoms with Crippen LogP contribution in [0, 0.1) is 5.92 Å². The highest BCUT2D eigenvalue weighted by Gasteiger charge is 2.17. The van der Waals surface area contributed by atoms with Gasteiger partial charge in [0.25, 0.3) is 0 Å². The Kier molecular flexibility index (Phi) is 4.59. The van der Waals surface area contributed by atoms with Crippen molar-refractivity contribution in [1.82, 2.24) is 4.90 Å². The molecule has 100 valence electrons. The van der Waals surface area contributed by atoms with Gasteiger partial charge < -0.3 is 4.90 Å². The van der Waals surface area contributed by atoms with Gasteiger partial charge in [0, 0.05) is 38.4 Å². The predicted octanol–water partition coefficient (Wildman–Crippen LogP) is 2.93. The van der Waals surface area contributed by atoms with E-state index in [1.807, 2.05) is 18.2 Å². The first kappa shape index (κ1) is 13.3. The highest BCUT2D eigenvalue weighted by Crippen LogP contribution is 2.19. The molecule has 1 fully saturated rings. The summed E-state index contributed by atoms with van der Waals surface area (Å²) in [7, 11) is 0. The zero-order valence-corrected chi connectivity index (χ0v) is 11.4. The third-order valence-corrected chi connectivity index (χ3v) is 3.43. The minimum atomic E-state index is -0.374. The maximum absolute atomic E-state index is 12.7. The van der Waals surface area contributed by atoms with Gasteiger partial charge in [-0.25, -0.2) is 4.39 Å². The third-order valence-electron chi connectivity index (χ3n) is 3.43. The van der Waals surface area contributed by atoms with Crippen LogP contribution in [0.3, 0.4) is 0 Å². The van der Waals surface area contributed by atoms with Crippen LogP contribution in [0.1, 0.15) is 19.4 Å². The van der Waals surface area contributed by atoms with Gasteiger partial charge in [0.2, 0.25) is 0 Å². The lowest BCUT2D eigenvalue weighted by atomic mass is 10.1. The van der Waals surface area contributed by atoms with E-state index in [9.17, 15) is 4.39 Å². The van der Waals surface area contributed by atoms with Crippen LogP contribution in [0.25, 0.3) is 0 Å². The summed E-state index contributed by atoms with van der Waals surface area (Å²) in [4.78, 5) is 4.87. The van der Waals surface area contributed by atoms with Gasteiger partial charge in [-0.2, -0.15) is 0 Å². The van der Waals surface area contributed by atoms with E-state index in [2.05, 4.69) is 29.7 Å². The highest BCUT2D eigenvalue weighted by molar-refractivity contribution is 5.49. The Morgan fingerprint density at radius 3 is 2.50 bits per heavy atom. The van der Waals surface area contributed by atoms with Crippen molar-refractivity contribution in [2.45, 2.75) is 20.5 Å². The highest BCUT2D eigenvalue weighted by atomic mass is 19.1. The van der Waals surface area contributed by atoms with E-state index >= 15 is 0 Å². The van der Waals surface area contributed by atoms with E-state index in [1.165, 1.54) is 6.54 Å². The van der Waals surface area contributed by atoms with Gasteiger partial charge in [-0.3, -0.25) is 4.90 Å². The molecule has 3 heteroatoms. The van der Waals surface area contributed by atoms with E-state index in [0.29, 0.717) is 0 Å². The van der Waals surface area contributed by atoms with Gasteiger partial charge in [-0.15, -0.1) is 0 Å². The van der Waals surface area contributed by atoms with E-state index in [4.69, 9.17) is 0 Å². The molecule has 1 aromatic carbocycles. The number of piperazine rings is 1. The molecule has 1 aliphatic heterocycles. The average molecular weight is 250 g/mol. The number of hydrogen-bond donors (Lipinski definition) is 0. The maximum Gasteiger partial charge on any atom is 0.115 e. The van der Waals surface area contributed by atoms with Gasteiger partial charge >= 0.3 is 0 Å². The molecule has 0 spiro atoms. The van der Waals surface area contributed by atoms with Crippen molar-refractivity contribution < 1.29 is 4.39 Å². The first-order valence-electron chi connectivity index (χ1n) is 6.81. The Morgan fingerprint density at radius 1 is 1.17 bits per heavy atom. The Labute approximate surface area is 109 Å². The van der Waals surface area contributed by atoms with Gasteiger partial charge in [0.05, 0.1) is 0 Å². The Morgan fingerprint density at radius 2 is 1.89 bits per heavy atom. The number of anilines is 1. The molecule has 0 N–H and O–H groups in total. The summed E-state index contributed by atoms with van der Waals surface area (Å²) in [5.74, 6) is 0.728. The first-order chi connectivity index (χ1) is 8.69. The van der Waals surface area contributed by atoms with Crippen molar-refractivity contribution in [3.8, 4) is 0 Å². The fourth-order valence-electron chi connectivity index (χ4n) is 2.54. The SMILES string of the molecule is CC(C)CN1CCN(c2cccc(CF)c2)CC1. The van der Waals surface area contributed by atoms with Crippen LogP contribution >= 0.6 is 0 Å². The molecule has 0 radical (unpaired) electrons. The smallest absolute Gasteiger partial charge is 0.115 e. The monoisotopic (exact) mass is 250 g/mol. The quantitative estimate of drug-likeness (QED) is 0.810. The standard InChI is InChI=1S/C15H23FN2/c1-13(2)12-17-6-8-18(9-7-17)15-5-3-4-14(10-15)11-16/h3-5,10,13H,6-9,11-12H2,1-2H3. The lowest BCUT2D eigenvalue weighted by molar-refractivity contribution is 0.231. The normalized spacial score (nSPS) is 17.4. The van der Waals surface area contributed by atoms with Crippen LogP contribution in [0.4, 0.5) is 10.1 Å². The number of rotatable bonds is 4. The van der Waals surface area contributed by atoms with E-state index < -0.39 is 0 Å². The number of benzene rings is 1. The van der Waals surface area contributed by atoms with Crippen molar-refractivity contribution in [2.24, 2.45) is 5.92 Å². The van der Waals surface area contributed by atoms with Crippen LogP contribution in [-0.2, 0) is 6.67 Å². The Hall–Kier alpha value is -1.09. The molecule has 1 aliphatic rings. The number of nitrogens with zero attached hydrogens (tertiary/aromatic N) is 2. The summed E-state index contributed by atoms with van der Waals surface area (Å²) in [6.45, 7) is 9.63. The molecule has 0 atom stereocenters. The Balaban J connectivity index is 1.92. The Bertz CT molecular complexity index is 371. The molecule has 1 heterocycles. The lowest BCUT2D eigenvalue weighted by Crippen LogP contribution is -2.47. The number of hydrogen-bond acceptors (Lipinski definition) is 2. The molecule has 1 saturated heterocycles. The summed E-state index contributed by atoms with van der Waals surface area (Å²) in [5, 5.41) is 0. The fourth-order valence-corrected chi connectivity index (χ4v) is 2.54. The van der Waals surface area contributed by atoms with Crippen LogP contribution in [0.2, 0.25) is 0 Å². The minimum Gasteiger partial charge on any atom is -0.369 e. The van der Waals surface area contributed by atoms with Crippen molar-refractivity contribution in [3.63, 3.8) is 0 Å². The summed E-state index contributed by atoms with van der Waals surface area (Å²) in [6, 6.07) is 7.85. The topological polar surface area (TPSA) is 6.48 Å². The molecule has 2 rings (SSSR count). The van der Waals surface area contributed by atoms with Gasteiger partial charge in [-0.1, -0.05) is 26.0 Å². The second kappa shape index (κ2) is 6.19. The third kappa shape index (κ3) is 3.45. The molecule has 0 unspecified atom stereocenters. The van der Waals surface area contributed by atoms with E-state index in [-0.39, 0.29) is 6.67 Å². The molecule has 0 aromatic heterocycles. The van der Waals surface area contributed by atoms with Crippen LogP contribution in [0.15, 0.2) is 24.3 Å². The van der Waals surface area contributed by atoms with E-state index in [0.717, 1.165) is 43.3 Å². The minimum absolute atomic E-state index is 0.374. The van der Waals surface area contributed by atoms with Gasteiger partial charge in [0.1, 0.15) is 6.67 Å². The summed E-state index contributed by atoms with van der Waals surface area (Å²) in [5.41, 5.74) is 1.94. The second-order valence-electron chi connectivity index (χ2n) is 5.49. The number of alkyl halides is 1. The molecule has 0 saturated carbocycles. The predicted molar refractivity (Wildman–Crippen MR) is 74.7 cm³/mol. The molecule has 1 aromatic rings. The zero-order chi connectivity index (χ0) is 13.0. The lowest BCUT2D eigenvalue weighted by Gasteiger charge is -2.37. The van der Waals surface area contributed by atoms with Gasteiger partial charge in [-0.05, 0) is 23.6 Å². The fraction of sp³-hybridized carbons (Fsp3) is 0.600. The zero-order valence-electron chi connectivity index (χ0n) is 11.4. The van der Waals surface area contributed by atoms with Crippen LogP contribution < -0.4 is 4.90 Å². The molecule has 18 heavy (non-hydrogen) atoms. The average Bonchev–Trinajstić information content (AvgIpc) is 2.39. The molecular weight excluding hydrogens is 227 g/mol. The van der Waals surface area contributed by atoms with Crippen molar-refractivity contribution in [1.29, 1.82) is 0 Å². The maximum atomic E-state index is 12.7. The summed E-state index contributed by atoms with van der Waals surface area (Å²) >= 11 is 0. The van der Waals surface area contributed by atoms with Crippen molar-refractivity contribution in [2.75, 3.05) is 37.6 Å². The van der Waals surface area contributed by atoms with E-state index in [1.54, 1.807) is 0 Å². The van der Waals surface area contributed by atoms with Crippen molar-refractivity contribution >= 4 is 5.69 Å². The molecule has 0 bridgehead atoms. The molecule has 0 aliphatic carbocycles. The summed E-state index contributed by atoms with van der Waals surface area (Å²) in [6.07, 6.45) is 0. The molecular formula is C15H23FN2. The number of halogens is 1. The molecule has 0 amide bonds. The van der Waals surface area contributed by atoms with Crippen molar-refractivity contribution in [3.05, 3.63) is 29.8 Å². The first-order valence-corrected chi connectivity index (χ1v) is 6.81. The molecule has 2 nitrogen and oxygen atoms in total. The summed E-state index contributed by atoms with van der Waals surface area (Å²) < 4.78 is 12.7. The second-order valence-corrected chi connectivity index (χ2v) is 5.49. The van der Waals surface area contributed by atoms with Crippen LogP contribution in [0.5, 0.6) is 0 Å². The van der Waals surface area contributed by atoms with Gasteiger partial charge in [0.15, 0.2) is 0 Å². The largest absolute Gasteiger partial charge is 0.369 e.